The van der Waals surface area contributed by atoms with Crippen molar-refractivity contribution in [2.45, 2.75) is 0 Å². The molecule has 27 heteroatoms. The molecule has 0 N–H and O–H groups in total. The third-order valence-corrected chi connectivity index (χ3v) is 20.7. The highest BCUT2D eigenvalue weighted by Crippen LogP contribution is 2.45. The largest absolute Gasteiger partial charge is 0.456 e. The second-order valence-electron chi connectivity index (χ2n) is 23.0. The molecule has 0 aliphatic heterocycles. The van der Waals surface area contributed by atoms with Crippen LogP contribution in [-0.2, 0) is 0 Å². The van der Waals surface area contributed by atoms with Crippen LogP contribution < -0.4 is 142 Å². The van der Waals surface area contributed by atoms with Gasteiger partial charge in [0.15, 0.2) is 0 Å². The van der Waals surface area contributed by atoms with Gasteiger partial charge in [-0.25, -0.2) is 0 Å². The van der Waals surface area contributed by atoms with Gasteiger partial charge in [-0.2, -0.15) is 0 Å². The third-order valence-electron chi connectivity index (χ3n) is 20.7. The van der Waals surface area contributed by atoms with E-state index in [4.69, 9.17) is 4.42 Å². The fraction of sp³-hybridized carbons (Fsp3) is 0. The summed E-state index contributed by atoms with van der Waals surface area (Å²) in [6.45, 7) is 0. The summed E-state index contributed by atoms with van der Waals surface area (Å²) in [6, 6.07) is 0. The lowest BCUT2D eigenvalue weighted by Crippen LogP contribution is -2.52. The summed E-state index contributed by atoms with van der Waals surface area (Å²) in [6.07, 6.45) is 0. The molecule has 0 atom stereocenters. The third kappa shape index (κ3) is 6.20. The fourth-order valence-electron chi connectivity index (χ4n) is 14.3. The highest BCUT2D eigenvalue weighted by Gasteiger charge is 2.33. The zero-order chi connectivity index (χ0) is 52.1. The Morgan fingerprint density at radius 3 is 0.704 bits per heavy atom. The first-order valence-electron chi connectivity index (χ1n) is 26.4. The number of hydrogen-bond acceptors (Lipinski definition) is 1. The molecule has 0 unspecified atom stereocenters. The first-order chi connectivity index (χ1) is 33.2. The summed E-state index contributed by atoms with van der Waals surface area (Å²) in [5.74, 6) is 0. The zero-order valence-electron chi connectivity index (χ0n) is 48.4. The lowest BCUT2D eigenvalue weighted by atomic mass is 9.56. The molecule has 0 saturated heterocycles. The molecule has 0 aliphatic rings. The van der Waals surface area contributed by atoms with Crippen molar-refractivity contribution in [2.24, 2.45) is 0 Å². The van der Waals surface area contributed by atoms with Crippen LogP contribution in [0.4, 0.5) is 0 Å². The average Bonchev–Trinajstić information content (AvgIpc) is 3.74. The van der Waals surface area contributed by atoms with Crippen molar-refractivity contribution in [3.8, 4) is 22.3 Å². The zero-order valence-corrected chi connectivity index (χ0v) is 48.4. The van der Waals surface area contributed by atoms with Crippen LogP contribution >= 0.6 is 0 Å². The average molecular weight is 878 g/mol. The monoisotopic (exact) mass is 883 g/mol. The van der Waals surface area contributed by atoms with E-state index in [2.05, 4.69) is 204 Å². The normalized spacial score (nSPS) is 12.0. The van der Waals surface area contributed by atoms with Gasteiger partial charge < -0.3 is 4.42 Å². The predicted molar refractivity (Wildman–Crippen MR) is 405 cm³/mol. The first kappa shape index (κ1) is 50.3. The number of benzene rings is 9. The van der Waals surface area contributed by atoms with E-state index in [0.717, 1.165) is 11.2 Å². The van der Waals surface area contributed by atoms with E-state index in [1.807, 2.05) is 0 Å². The second-order valence-corrected chi connectivity index (χ2v) is 23.0. The molecule has 0 fully saturated rings. The fourth-order valence-corrected chi connectivity index (χ4v) is 14.3. The molecule has 10 rings (SSSR count). The molecule has 1 nitrogen and oxygen atoms in total. The van der Waals surface area contributed by atoms with E-state index in [9.17, 15) is 0 Å². The van der Waals surface area contributed by atoms with E-state index < -0.39 is 0 Å². The van der Waals surface area contributed by atoms with Crippen LogP contribution in [0.2, 0.25) is 0 Å². The van der Waals surface area contributed by atoms with Crippen LogP contribution in [0.5, 0.6) is 0 Å². The molecule has 0 radical (unpaired) electrons. The van der Waals surface area contributed by atoms with E-state index in [1.165, 1.54) is 229 Å². The summed E-state index contributed by atoms with van der Waals surface area (Å²) in [4.78, 5) is 0. The van der Waals surface area contributed by atoms with E-state index >= 15 is 0 Å². The summed E-state index contributed by atoms with van der Waals surface area (Å²) in [5, 5.41) is 16.4. The Bertz CT molecular complexity index is 4210. The Hall–Kier alpha value is -4.23. The summed E-state index contributed by atoms with van der Waals surface area (Å²) < 4.78 is 7.56. The minimum atomic E-state index is 1.02. The Kier molecular flexibility index (Phi) is 11.8. The van der Waals surface area contributed by atoms with Crippen LogP contribution in [0.15, 0.2) is 4.42 Å². The van der Waals surface area contributed by atoms with Crippen molar-refractivity contribution in [3.63, 3.8) is 0 Å². The van der Waals surface area contributed by atoms with Crippen LogP contribution in [-0.4, -0.2) is 204 Å². The topological polar surface area (TPSA) is 13.1 Å². The van der Waals surface area contributed by atoms with Crippen LogP contribution in [0.3, 0.4) is 0 Å². The maximum absolute atomic E-state index is 7.56. The van der Waals surface area contributed by atoms with Crippen molar-refractivity contribution in [1.82, 2.24) is 0 Å². The van der Waals surface area contributed by atoms with Gasteiger partial charge >= 0.3 is 0 Å². The van der Waals surface area contributed by atoms with Crippen molar-refractivity contribution in [3.05, 3.63) is 0 Å². The number of rotatable bonds is 2. The van der Waals surface area contributed by atoms with Gasteiger partial charge in [-0.3, -0.25) is 0 Å². The van der Waals surface area contributed by atoms with Crippen molar-refractivity contribution >= 4 is 422 Å². The molecule has 0 amide bonds. The molecule has 1 heterocycles. The Labute approximate surface area is 445 Å². The SMILES string of the molecule is Bc1c(B)c(-c2c3c(B)c(B)c(B)c(B)c3c(-c3c(B)c4c(B)c(B)c(B)c(B)c4c4c(B)c(B)c(B)c(B)c34)c3c(B)c(B)c(B)c(B)c23)c2c(oc3c4c(B)c(B)c(B)c(B)c4c(B)c(B)c32)c1B. The van der Waals surface area contributed by atoms with Crippen LogP contribution in [0.25, 0.3) is 98.1 Å². The lowest BCUT2D eigenvalue weighted by Gasteiger charge is -2.32. The summed E-state index contributed by atoms with van der Waals surface area (Å²) >= 11 is 0. The first-order valence-corrected chi connectivity index (χ1v) is 26.4. The molecule has 0 spiro atoms. The van der Waals surface area contributed by atoms with Gasteiger partial charge in [-0.15, -0.1) is 54.6 Å². The highest BCUT2D eigenvalue weighted by molar-refractivity contribution is 6.78. The molecule has 0 saturated carbocycles. The van der Waals surface area contributed by atoms with Gasteiger partial charge in [0.2, 0.25) is 0 Å². The molecule has 0 bridgehead atoms. The van der Waals surface area contributed by atoms with Crippen LogP contribution in [0, 0.1) is 0 Å². The van der Waals surface area contributed by atoms with Gasteiger partial charge in [-0.05, 0) is 70.7 Å². The van der Waals surface area contributed by atoms with Crippen molar-refractivity contribution in [2.75, 3.05) is 0 Å². The van der Waals surface area contributed by atoms with E-state index in [1.54, 1.807) is 0 Å². The van der Waals surface area contributed by atoms with Crippen molar-refractivity contribution in [1.29, 1.82) is 0 Å². The molecule has 9 aromatic carbocycles. The summed E-state index contributed by atoms with van der Waals surface area (Å²) in [7, 11) is 61.7. The van der Waals surface area contributed by atoms with E-state index in [0.29, 0.717) is 0 Å². The van der Waals surface area contributed by atoms with Gasteiger partial charge in [0.1, 0.15) is 215 Å². The highest BCUT2D eigenvalue weighted by atomic mass is 16.3. The Morgan fingerprint density at radius 1 is 0.127 bits per heavy atom. The minimum absolute atomic E-state index is 1.02. The number of hydrogen-bond donors (Lipinski definition) is 0. The van der Waals surface area contributed by atoms with E-state index in [-0.39, 0.29) is 0 Å². The minimum Gasteiger partial charge on any atom is -0.456 e. The maximum Gasteiger partial charge on any atom is 0.143 e. The van der Waals surface area contributed by atoms with Crippen LogP contribution in [0.1, 0.15) is 0 Å². The molecule has 312 valence electrons. The standard InChI is InChI=1S/C44H52B26O/c45-17-3(9-10(24(52)36(64)35(63)23(9)51)11-13(17)27(55)38(66)37(65)25(11)53)1-4-6(20(48)33(61)31(59)18(4)46)2(7-5(1)19(47)32(60)34(62)21(7)49)8-12-15-29(57)26(54)14-16(30(58)40(68)39(67)28(14)56)43(15)71-44(12)42(70)41(69)22(8)50/h45-70H2. The van der Waals surface area contributed by atoms with Gasteiger partial charge in [-0.1, -0.05) is 87.4 Å². The smallest absolute Gasteiger partial charge is 0.143 e. The molecule has 71 heavy (non-hydrogen) atoms. The predicted octanol–water partition coefficient (Wildman–Crippen LogP) is -32.6. The molecule has 0 aliphatic carbocycles. The Morgan fingerprint density at radius 2 is 0.338 bits per heavy atom. The second kappa shape index (κ2) is 16.6. The van der Waals surface area contributed by atoms with Gasteiger partial charge in [0.25, 0.3) is 0 Å². The van der Waals surface area contributed by atoms with Gasteiger partial charge in [0.05, 0.1) is 0 Å². The summed E-state index contributed by atoms with van der Waals surface area (Å²) in [5.41, 5.74) is 43.1. The molecule has 10 aromatic rings. The maximum atomic E-state index is 7.56. The quantitative estimate of drug-likeness (QED) is 0.0958. The molecular weight excluding hydrogens is 826 g/mol. The Balaban J connectivity index is 1.62. The number of furan rings is 1. The lowest BCUT2D eigenvalue weighted by molar-refractivity contribution is 0.676. The molecule has 1 aromatic heterocycles. The van der Waals surface area contributed by atoms with Crippen molar-refractivity contribution < 1.29 is 4.42 Å². The molecular formula is C44H52B26O. The van der Waals surface area contributed by atoms with Gasteiger partial charge in [0, 0.05) is 16.2 Å². The number of fused-ring (bicyclic) bond motifs is 10.